The van der Waals surface area contributed by atoms with Crippen molar-refractivity contribution in [2.75, 3.05) is 26.7 Å². The molecule has 2 aromatic rings. The molecule has 5 nitrogen and oxygen atoms in total. The van der Waals surface area contributed by atoms with Gasteiger partial charge in [-0.1, -0.05) is 18.2 Å². The number of hydrogen-bond acceptors (Lipinski definition) is 3. The first-order valence-electron chi connectivity index (χ1n) is 10.4. The number of carbonyl (C=O) groups is 2. The Kier molecular flexibility index (Phi) is 5.67. The Hall–Kier alpha value is -2.66. The molecular formula is C24H28N2O3. The number of fused-ring (bicyclic) bond motifs is 1. The minimum Gasteiger partial charge on any atom is -0.376 e. The number of rotatable bonds is 5. The zero-order valence-electron chi connectivity index (χ0n) is 17.2. The van der Waals surface area contributed by atoms with Crippen molar-refractivity contribution in [3.63, 3.8) is 0 Å². The summed E-state index contributed by atoms with van der Waals surface area (Å²) in [6.45, 7) is 4.39. The van der Waals surface area contributed by atoms with Crippen LogP contribution in [0.25, 0.3) is 0 Å². The highest BCUT2D eigenvalue weighted by atomic mass is 16.5. The Labute approximate surface area is 172 Å². The number of carbonyl (C=O) groups excluding carboxylic acids is 2. The first kappa shape index (κ1) is 19.6. The van der Waals surface area contributed by atoms with Gasteiger partial charge in [0, 0.05) is 37.9 Å². The van der Waals surface area contributed by atoms with Crippen LogP contribution in [0.1, 0.15) is 55.8 Å². The van der Waals surface area contributed by atoms with Gasteiger partial charge in [0.1, 0.15) is 0 Å². The van der Waals surface area contributed by atoms with Gasteiger partial charge in [-0.3, -0.25) is 9.59 Å². The van der Waals surface area contributed by atoms with E-state index < -0.39 is 0 Å². The molecule has 152 valence electrons. The molecule has 0 bridgehead atoms. The average Bonchev–Trinajstić information content (AvgIpc) is 3.24. The molecule has 2 heterocycles. The van der Waals surface area contributed by atoms with Gasteiger partial charge in [-0.15, -0.1) is 0 Å². The normalized spacial score (nSPS) is 18.6. The minimum absolute atomic E-state index is 0.0848. The Morgan fingerprint density at radius 2 is 2.03 bits per heavy atom. The zero-order valence-corrected chi connectivity index (χ0v) is 17.2. The third kappa shape index (κ3) is 4.20. The lowest BCUT2D eigenvalue weighted by atomic mass is 9.90. The summed E-state index contributed by atoms with van der Waals surface area (Å²) >= 11 is 0. The molecule has 29 heavy (non-hydrogen) atoms. The van der Waals surface area contributed by atoms with Gasteiger partial charge in [0.2, 0.25) is 0 Å². The Balaban J connectivity index is 1.53. The molecule has 5 heteroatoms. The lowest BCUT2D eigenvalue weighted by molar-refractivity contribution is 0.0510. The van der Waals surface area contributed by atoms with Gasteiger partial charge in [0.15, 0.2) is 0 Å². The summed E-state index contributed by atoms with van der Waals surface area (Å²) in [7, 11) is 1.63. The number of nitrogens with zero attached hydrogens (tertiary/aromatic N) is 1. The van der Waals surface area contributed by atoms with Crippen molar-refractivity contribution in [1.29, 1.82) is 0 Å². The minimum atomic E-state index is -0.0848. The van der Waals surface area contributed by atoms with Gasteiger partial charge in [-0.25, -0.2) is 0 Å². The molecule has 0 aliphatic carbocycles. The summed E-state index contributed by atoms with van der Waals surface area (Å²) in [6, 6.07) is 11.9. The third-order valence-corrected chi connectivity index (χ3v) is 6.02. The van der Waals surface area contributed by atoms with Crippen molar-refractivity contribution in [1.82, 2.24) is 10.2 Å². The number of amides is 2. The van der Waals surface area contributed by atoms with E-state index in [-0.39, 0.29) is 17.9 Å². The molecule has 0 spiro atoms. The van der Waals surface area contributed by atoms with Crippen molar-refractivity contribution in [3.05, 3.63) is 69.8 Å². The predicted molar refractivity (Wildman–Crippen MR) is 112 cm³/mol. The predicted octanol–water partition coefficient (Wildman–Crippen LogP) is 3.12. The highest BCUT2D eigenvalue weighted by Gasteiger charge is 2.28. The van der Waals surface area contributed by atoms with Gasteiger partial charge in [-0.05, 0) is 73.1 Å². The molecule has 0 radical (unpaired) electrons. The fourth-order valence-electron chi connectivity index (χ4n) is 4.28. The molecule has 0 aromatic heterocycles. The topological polar surface area (TPSA) is 58.6 Å². The van der Waals surface area contributed by atoms with Crippen LogP contribution in [0.2, 0.25) is 0 Å². The van der Waals surface area contributed by atoms with Crippen molar-refractivity contribution in [2.45, 2.75) is 38.7 Å². The summed E-state index contributed by atoms with van der Waals surface area (Å²) in [5, 5.41) is 2.64. The van der Waals surface area contributed by atoms with Crippen LogP contribution in [0.4, 0.5) is 0 Å². The average molecular weight is 392 g/mol. The van der Waals surface area contributed by atoms with Gasteiger partial charge in [0.25, 0.3) is 11.8 Å². The molecule has 1 saturated heterocycles. The number of benzene rings is 2. The van der Waals surface area contributed by atoms with Crippen LogP contribution in [0.3, 0.4) is 0 Å². The molecule has 2 aromatic carbocycles. The van der Waals surface area contributed by atoms with Gasteiger partial charge in [-0.2, -0.15) is 0 Å². The van der Waals surface area contributed by atoms with E-state index in [1.165, 1.54) is 5.56 Å². The highest BCUT2D eigenvalue weighted by molar-refractivity contribution is 5.97. The molecule has 2 amide bonds. The van der Waals surface area contributed by atoms with E-state index in [0.717, 1.165) is 61.1 Å². The molecule has 1 unspecified atom stereocenters. The smallest absolute Gasteiger partial charge is 0.254 e. The molecule has 1 atom stereocenters. The number of nitrogens with one attached hydrogen (secondary N) is 1. The molecule has 2 aliphatic heterocycles. The van der Waals surface area contributed by atoms with Crippen LogP contribution < -0.4 is 5.32 Å². The van der Waals surface area contributed by atoms with Crippen LogP contribution in [-0.2, 0) is 17.6 Å². The van der Waals surface area contributed by atoms with E-state index >= 15 is 0 Å². The molecule has 1 N–H and O–H groups in total. The fourth-order valence-corrected chi connectivity index (χ4v) is 4.28. The van der Waals surface area contributed by atoms with Crippen LogP contribution >= 0.6 is 0 Å². The second-order valence-electron chi connectivity index (χ2n) is 8.02. The quantitative estimate of drug-likeness (QED) is 0.851. The van der Waals surface area contributed by atoms with E-state index in [1.807, 2.05) is 29.2 Å². The van der Waals surface area contributed by atoms with Crippen molar-refractivity contribution in [2.24, 2.45) is 0 Å². The maximum absolute atomic E-state index is 13.1. The van der Waals surface area contributed by atoms with Crippen LogP contribution in [0, 0.1) is 6.92 Å². The van der Waals surface area contributed by atoms with E-state index in [9.17, 15) is 9.59 Å². The first-order chi connectivity index (χ1) is 14.0. The number of aryl methyl sites for hydroxylation is 1. The van der Waals surface area contributed by atoms with Crippen LogP contribution in [0.5, 0.6) is 0 Å². The standard InChI is InChI=1S/C24H28N2O3/c1-16-12-19-9-10-26(15-21-4-3-11-29-21)24(28)22(19)14-20(16)13-17-5-7-18(8-6-17)23(27)25-2/h5-8,12,14,21H,3-4,9-11,13,15H2,1-2H3,(H,25,27). The SMILES string of the molecule is CNC(=O)c1ccc(Cc2cc3c(cc2C)CCN(CC2CCCO2)C3=O)cc1. The maximum atomic E-state index is 13.1. The molecule has 2 aliphatic rings. The zero-order chi connectivity index (χ0) is 20.4. The maximum Gasteiger partial charge on any atom is 0.254 e. The number of ether oxygens (including phenoxy) is 1. The molecule has 4 rings (SSSR count). The fraction of sp³-hybridized carbons (Fsp3) is 0.417. The van der Waals surface area contributed by atoms with Crippen LogP contribution in [0.15, 0.2) is 36.4 Å². The summed E-state index contributed by atoms with van der Waals surface area (Å²) in [5.74, 6) is 0.0383. The van der Waals surface area contributed by atoms with Gasteiger partial charge in [0.05, 0.1) is 6.10 Å². The molecular weight excluding hydrogens is 364 g/mol. The first-order valence-corrected chi connectivity index (χ1v) is 10.4. The Morgan fingerprint density at radius 3 is 2.72 bits per heavy atom. The van der Waals surface area contributed by atoms with Crippen molar-refractivity contribution < 1.29 is 14.3 Å². The highest BCUT2D eigenvalue weighted by Crippen LogP contribution is 2.26. The lowest BCUT2D eigenvalue weighted by Gasteiger charge is -2.31. The Morgan fingerprint density at radius 1 is 1.24 bits per heavy atom. The second kappa shape index (κ2) is 8.37. The second-order valence-corrected chi connectivity index (χ2v) is 8.02. The van der Waals surface area contributed by atoms with E-state index in [1.54, 1.807) is 7.05 Å². The van der Waals surface area contributed by atoms with Crippen LogP contribution in [-0.4, -0.2) is 49.6 Å². The summed E-state index contributed by atoms with van der Waals surface area (Å²) in [4.78, 5) is 26.8. The van der Waals surface area contributed by atoms with E-state index in [0.29, 0.717) is 12.1 Å². The summed E-state index contributed by atoms with van der Waals surface area (Å²) in [5.41, 5.74) is 6.12. The molecule has 1 fully saturated rings. The van der Waals surface area contributed by atoms with E-state index in [2.05, 4.69) is 24.4 Å². The summed E-state index contributed by atoms with van der Waals surface area (Å²) < 4.78 is 5.73. The van der Waals surface area contributed by atoms with Crippen molar-refractivity contribution >= 4 is 11.8 Å². The van der Waals surface area contributed by atoms with E-state index in [4.69, 9.17) is 4.74 Å². The lowest BCUT2D eigenvalue weighted by Crippen LogP contribution is -2.42. The van der Waals surface area contributed by atoms with Crippen molar-refractivity contribution in [3.8, 4) is 0 Å². The largest absolute Gasteiger partial charge is 0.376 e. The molecule has 0 saturated carbocycles. The third-order valence-electron chi connectivity index (χ3n) is 6.02. The summed E-state index contributed by atoms with van der Waals surface area (Å²) in [6.07, 6.45) is 3.96. The van der Waals surface area contributed by atoms with Gasteiger partial charge >= 0.3 is 0 Å². The van der Waals surface area contributed by atoms with Gasteiger partial charge < -0.3 is 15.0 Å². The Bertz CT molecular complexity index is 914. The monoisotopic (exact) mass is 392 g/mol. The number of hydrogen-bond donors (Lipinski definition) is 1.